The fourth-order valence-corrected chi connectivity index (χ4v) is 1.08. The normalized spacial score (nSPS) is 15.1. The van der Waals surface area contributed by atoms with Gasteiger partial charge in [-0.25, -0.2) is 0 Å². The van der Waals surface area contributed by atoms with Gasteiger partial charge >= 0.3 is 0 Å². The maximum Gasteiger partial charge on any atom is 0.237 e. The minimum Gasteiger partial charge on any atom is -0.383 e. The number of hydrogen-bond donors (Lipinski definition) is 2. The van der Waals surface area contributed by atoms with Crippen LogP contribution in [0.2, 0.25) is 0 Å². The molecule has 0 radical (unpaired) electrons. The van der Waals surface area contributed by atoms with Gasteiger partial charge in [0.15, 0.2) is 0 Å². The van der Waals surface area contributed by atoms with Crippen molar-refractivity contribution in [3.05, 3.63) is 0 Å². The Balaban J connectivity index is 3.71. The topological polar surface area (TPSA) is 64.4 Å². The summed E-state index contributed by atoms with van der Waals surface area (Å²) in [6.45, 7) is 4.41. The fourth-order valence-electron chi connectivity index (χ4n) is 1.08. The van der Waals surface area contributed by atoms with E-state index in [0.717, 1.165) is 12.8 Å². The van der Waals surface area contributed by atoms with Crippen LogP contribution in [0.25, 0.3) is 0 Å². The molecule has 4 heteroatoms. The quantitative estimate of drug-likeness (QED) is 0.628. The molecule has 2 atom stereocenters. The van der Waals surface area contributed by atoms with Gasteiger partial charge in [-0.3, -0.25) is 4.79 Å². The van der Waals surface area contributed by atoms with Crippen molar-refractivity contribution in [3.63, 3.8) is 0 Å². The predicted octanol–water partition coefficient (Wildman–Crippen LogP) is 0.265. The molecular weight excluding hydrogens is 168 g/mol. The van der Waals surface area contributed by atoms with Crippen LogP contribution in [-0.4, -0.2) is 31.7 Å². The third-order valence-electron chi connectivity index (χ3n) is 1.74. The Labute approximate surface area is 79.8 Å². The van der Waals surface area contributed by atoms with E-state index in [9.17, 15) is 4.79 Å². The number of carbonyl (C=O) groups excluding carboxylic acids is 1. The van der Waals surface area contributed by atoms with E-state index in [4.69, 9.17) is 10.5 Å². The van der Waals surface area contributed by atoms with Crippen LogP contribution < -0.4 is 11.1 Å². The maximum atomic E-state index is 11.3. The van der Waals surface area contributed by atoms with Gasteiger partial charge in [-0.1, -0.05) is 13.3 Å². The highest BCUT2D eigenvalue weighted by Crippen LogP contribution is 1.94. The predicted molar refractivity (Wildman–Crippen MR) is 52.4 cm³/mol. The van der Waals surface area contributed by atoms with Crippen molar-refractivity contribution in [2.45, 2.75) is 38.8 Å². The van der Waals surface area contributed by atoms with Crippen LogP contribution >= 0.6 is 0 Å². The molecule has 0 fully saturated rings. The molecule has 13 heavy (non-hydrogen) atoms. The summed E-state index contributed by atoms with van der Waals surface area (Å²) in [5.41, 5.74) is 5.62. The molecule has 4 nitrogen and oxygen atoms in total. The van der Waals surface area contributed by atoms with E-state index in [2.05, 4.69) is 5.32 Å². The standard InChI is InChI=1S/C9H20N2O2/c1-4-5-8(10)9(12)11-7(2)6-13-3/h7-8H,4-6,10H2,1-3H3,(H,11,12)/t7?,8-/m0/s1. The number of hydrogen-bond acceptors (Lipinski definition) is 3. The van der Waals surface area contributed by atoms with Crippen molar-refractivity contribution in [1.29, 1.82) is 0 Å². The summed E-state index contributed by atoms with van der Waals surface area (Å²) < 4.78 is 4.89. The van der Waals surface area contributed by atoms with Crippen LogP contribution in [0.5, 0.6) is 0 Å². The Kier molecular flexibility index (Phi) is 6.54. The van der Waals surface area contributed by atoms with Crippen LogP contribution in [0.4, 0.5) is 0 Å². The zero-order valence-corrected chi connectivity index (χ0v) is 8.67. The second kappa shape index (κ2) is 6.86. The molecule has 0 bridgehead atoms. The number of rotatable bonds is 6. The summed E-state index contributed by atoms with van der Waals surface area (Å²) in [5.74, 6) is -0.0913. The molecule has 0 heterocycles. The van der Waals surface area contributed by atoms with Gasteiger partial charge in [0, 0.05) is 13.2 Å². The van der Waals surface area contributed by atoms with Crippen LogP contribution in [0.1, 0.15) is 26.7 Å². The minimum atomic E-state index is -0.385. The molecule has 3 N–H and O–H groups in total. The highest BCUT2D eigenvalue weighted by molar-refractivity contribution is 5.81. The highest BCUT2D eigenvalue weighted by atomic mass is 16.5. The number of methoxy groups -OCH3 is 1. The average Bonchev–Trinajstić information content (AvgIpc) is 2.05. The summed E-state index contributed by atoms with van der Waals surface area (Å²) in [6.07, 6.45) is 1.65. The largest absolute Gasteiger partial charge is 0.383 e. The highest BCUT2D eigenvalue weighted by Gasteiger charge is 2.13. The van der Waals surface area contributed by atoms with E-state index in [1.165, 1.54) is 0 Å². The first-order chi connectivity index (χ1) is 6.11. The first-order valence-electron chi connectivity index (χ1n) is 4.66. The SMILES string of the molecule is CCC[C@H](N)C(=O)NC(C)COC. The molecule has 0 rings (SSSR count). The Morgan fingerprint density at radius 2 is 2.23 bits per heavy atom. The average molecular weight is 188 g/mol. The second-order valence-corrected chi connectivity index (χ2v) is 3.26. The lowest BCUT2D eigenvalue weighted by Crippen LogP contribution is -2.45. The minimum absolute atomic E-state index is 0.0282. The van der Waals surface area contributed by atoms with E-state index in [1.54, 1.807) is 7.11 Å². The molecule has 0 aromatic heterocycles. The maximum absolute atomic E-state index is 11.3. The van der Waals surface area contributed by atoms with Crippen LogP contribution in [0.15, 0.2) is 0 Å². The molecular formula is C9H20N2O2. The molecule has 0 aromatic rings. The lowest BCUT2D eigenvalue weighted by molar-refractivity contribution is -0.123. The third-order valence-corrected chi connectivity index (χ3v) is 1.74. The molecule has 0 aliphatic carbocycles. The number of amides is 1. The summed E-state index contributed by atoms with van der Waals surface area (Å²) in [6, 6.07) is -0.357. The Morgan fingerprint density at radius 1 is 1.62 bits per heavy atom. The third kappa shape index (κ3) is 5.60. The Bertz CT molecular complexity index is 151. The number of ether oxygens (including phenoxy) is 1. The zero-order valence-electron chi connectivity index (χ0n) is 8.67. The van der Waals surface area contributed by atoms with Gasteiger partial charge in [-0.05, 0) is 13.3 Å². The molecule has 1 amide bonds. The molecule has 0 saturated heterocycles. The summed E-state index contributed by atoms with van der Waals surface area (Å²) >= 11 is 0. The van der Waals surface area contributed by atoms with Crippen LogP contribution in [-0.2, 0) is 9.53 Å². The summed E-state index contributed by atoms with van der Waals surface area (Å²) in [7, 11) is 1.61. The van der Waals surface area contributed by atoms with Gasteiger partial charge < -0.3 is 15.8 Å². The van der Waals surface area contributed by atoms with Crippen molar-refractivity contribution >= 4 is 5.91 Å². The summed E-state index contributed by atoms with van der Waals surface area (Å²) in [5, 5.41) is 2.78. The van der Waals surface area contributed by atoms with Crippen molar-refractivity contribution in [1.82, 2.24) is 5.32 Å². The number of nitrogens with one attached hydrogen (secondary N) is 1. The fraction of sp³-hybridized carbons (Fsp3) is 0.889. The van der Waals surface area contributed by atoms with Gasteiger partial charge in [0.1, 0.15) is 0 Å². The number of nitrogens with two attached hydrogens (primary N) is 1. The van der Waals surface area contributed by atoms with E-state index in [-0.39, 0.29) is 18.0 Å². The van der Waals surface area contributed by atoms with Gasteiger partial charge in [0.2, 0.25) is 5.91 Å². The molecule has 1 unspecified atom stereocenters. The zero-order chi connectivity index (χ0) is 10.3. The van der Waals surface area contributed by atoms with Gasteiger partial charge in [0.05, 0.1) is 12.6 Å². The van der Waals surface area contributed by atoms with Gasteiger partial charge in [-0.2, -0.15) is 0 Å². The lowest BCUT2D eigenvalue weighted by atomic mass is 10.1. The number of carbonyl (C=O) groups is 1. The van der Waals surface area contributed by atoms with Crippen molar-refractivity contribution < 1.29 is 9.53 Å². The first kappa shape index (κ1) is 12.4. The molecule has 78 valence electrons. The Morgan fingerprint density at radius 3 is 2.69 bits per heavy atom. The smallest absolute Gasteiger partial charge is 0.237 e. The Hall–Kier alpha value is -0.610. The second-order valence-electron chi connectivity index (χ2n) is 3.26. The molecule has 0 aliphatic rings. The van der Waals surface area contributed by atoms with Crippen molar-refractivity contribution in [3.8, 4) is 0 Å². The monoisotopic (exact) mass is 188 g/mol. The van der Waals surface area contributed by atoms with Crippen molar-refractivity contribution in [2.75, 3.05) is 13.7 Å². The first-order valence-corrected chi connectivity index (χ1v) is 4.66. The molecule has 0 saturated carbocycles. The molecule has 0 aromatic carbocycles. The van der Waals surface area contributed by atoms with E-state index >= 15 is 0 Å². The van der Waals surface area contributed by atoms with E-state index in [0.29, 0.717) is 6.61 Å². The van der Waals surface area contributed by atoms with E-state index < -0.39 is 0 Å². The van der Waals surface area contributed by atoms with E-state index in [1.807, 2.05) is 13.8 Å². The lowest BCUT2D eigenvalue weighted by Gasteiger charge is -2.16. The molecule has 0 aliphatic heterocycles. The van der Waals surface area contributed by atoms with Crippen LogP contribution in [0, 0.1) is 0 Å². The van der Waals surface area contributed by atoms with Crippen molar-refractivity contribution in [2.24, 2.45) is 5.73 Å². The van der Waals surface area contributed by atoms with Gasteiger partial charge in [0.25, 0.3) is 0 Å². The van der Waals surface area contributed by atoms with Crippen LogP contribution in [0.3, 0.4) is 0 Å². The summed E-state index contributed by atoms with van der Waals surface area (Å²) in [4.78, 5) is 11.3. The molecule has 0 spiro atoms. The van der Waals surface area contributed by atoms with Gasteiger partial charge in [-0.15, -0.1) is 0 Å².